The number of furan rings is 1. The highest BCUT2D eigenvalue weighted by Gasteiger charge is 2.16. The minimum absolute atomic E-state index is 0.0874. The van der Waals surface area contributed by atoms with Gasteiger partial charge in [0.25, 0.3) is 0 Å². The van der Waals surface area contributed by atoms with Crippen molar-refractivity contribution in [2.24, 2.45) is 0 Å². The Bertz CT molecular complexity index is 813. The Labute approximate surface area is 167 Å². The SMILES string of the molecule is CCCCCCCC(=O)N(Cc1ccc(OS(C)(=O)=O)cc1)Cc1ccco1. The maximum Gasteiger partial charge on any atom is 0.306 e. The van der Waals surface area contributed by atoms with Crippen molar-refractivity contribution in [2.75, 3.05) is 6.26 Å². The first kappa shape index (κ1) is 22.0. The van der Waals surface area contributed by atoms with Crippen LogP contribution >= 0.6 is 0 Å². The van der Waals surface area contributed by atoms with Gasteiger partial charge < -0.3 is 13.5 Å². The molecular formula is C21H29NO5S. The Morgan fingerprint density at radius 2 is 1.75 bits per heavy atom. The van der Waals surface area contributed by atoms with Crippen molar-refractivity contribution >= 4 is 16.0 Å². The summed E-state index contributed by atoms with van der Waals surface area (Å²) in [6.45, 7) is 3.00. The molecule has 0 N–H and O–H groups in total. The van der Waals surface area contributed by atoms with Crippen LogP contribution in [0.25, 0.3) is 0 Å². The minimum atomic E-state index is -3.55. The van der Waals surface area contributed by atoms with Crippen LogP contribution in [0.2, 0.25) is 0 Å². The molecule has 0 radical (unpaired) electrons. The van der Waals surface area contributed by atoms with Crippen LogP contribution in [0, 0.1) is 0 Å². The van der Waals surface area contributed by atoms with Crippen molar-refractivity contribution in [2.45, 2.75) is 58.5 Å². The molecule has 1 heterocycles. The van der Waals surface area contributed by atoms with Gasteiger partial charge >= 0.3 is 10.1 Å². The number of rotatable bonds is 12. The van der Waals surface area contributed by atoms with Gasteiger partial charge in [-0.2, -0.15) is 8.42 Å². The number of hydrogen-bond acceptors (Lipinski definition) is 5. The first-order valence-corrected chi connectivity index (χ1v) is 11.5. The van der Waals surface area contributed by atoms with Crippen LogP contribution in [0.3, 0.4) is 0 Å². The van der Waals surface area contributed by atoms with Gasteiger partial charge in [-0.05, 0) is 36.2 Å². The summed E-state index contributed by atoms with van der Waals surface area (Å²) in [5, 5.41) is 0. The quantitative estimate of drug-likeness (QED) is 0.382. The molecule has 6 nitrogen and oxygen atoms in total. The van der Waals surface area contributed by atoms with Crippen LogP contribution in [0.15, 0.2) is 47.1 Å². The van der Waals surface area contributed by atoms with Crippen LogP contribution in [0.5, 0.6) is 5.75 Å². The second kappa shape index (κ2) is 10.9. The molecule has 154 valence electrons. The van der Waals surface area contributed by atoms with Gasteiger partial charge in [0.1, 0.15) is 11.5 Å². The largest absolute Gasteiger partial charge is 0.467 e. The van der Waals surface area contributed by atoms with E-state index in [0.29, 0.717) is 19.5 Å². The van der Waals surface area contributed by atoms with E-state index < -0.39 is 10.1 Å². The maximum absolute atomic E-state index is 12.7. The van der Waals surface area contributed by atoms with Gasteiger partial charge in [0.15, 0.2) is 0 Å². The van der Waals surface area contributed by atoms with E-state index in [2.05, 4.69) is 6.92 Å². The molecule has 0 spiro atoms. The lowest BCUT2D eigenvalue weighted by atomic mass is 10.1. The molecule has 0 saturated heterocycles. The van der Waals surface area contributed by atoms with E-state index in [0.717, 1.165) is 36.8 Å². The third kappa shape index (κ3) is 8.17. The number of hydrogen-bond donors (Lipinski definition) is 0. The smallest absolute Gasteiger partial charge is 0.306 e. The fourth-order valence-electron chi connectivity index (χ4n) is 2.91. The molecule has 28 heavy (non-hydrogen) atoms. The molecule has 2 rings (SSSR count). The molecule has 1 aromatic heterocycles. The van der Waals surface area contributed by atoms with Crippen LogP contribution < -0.4 is 4.18 Å². The van der Waals surface area contributed by atoms with Crippen molar-refractivity contribution < 1.29 is 21.8 Å². The van der Waals surface area contributed by atoms with E-state index in [1.54, 1.807) is 41.5 Å². The molecule has 7 heteroatoms. The lowest BCUT2D eigenvalue weighted by Gasteiger charge is -2.22. The predicted molar refractivity (Wildman–Crippen MR) is 108 cm³/mol. The van der Waals surface area contributed by atoms with Crippen molar-refractivity contribution in [1.82, 2.24) is 4.90 Å². The standard InChI is InChI=1S/C21H29NO5S/c1-3-4-5-6-7-10-21(23)22(17-20-9-8-15-26-20)16-18-11-13-19(14-12-18)27-28(2,24)25/h8-9,11-15H,3-7,10,16-17H2,1-2H3. The average Bonchev–Trinajstić information content (AvgIpc) is 3.14. The summed E-state index contributed by atoms with van der Waals surface area (Å²) in [5.41, 5.74) is 0.895. The normalized spacial score (nSPS) is 11.4. The zero-order valence-electron chi connectivity index (χ0n) is 16.6. The summed E-state index contributed by atoms with van der Waals surface area (Å²) in [6.07, 6.45) is 8.60. The summed E-state index contributed by atoms with van der Waals surface area (Å²) in [4.78, 5) is 14.5. The number of carbonyl (C=O) groups is 1. The van der Waals surface area contributed by atoms with E-state index in [1.807, 2.05) is 6.07 Å². The third-order valence-corrected chi connectivity index (χ3v) is 4.81. The van der Waals surface area contributed by atoms with E-state index in [4.69, 9.17) is 8.60 Å². The Morgan fingerprint density at radius 1 is 1.04 bits per heavy atom. The first-order valence-electron chi connectivity index (χ1n) is 9.66. The fourth-order valence-corrected chi connectivity index (χ4v) is 3.37. The van der Waals surface area contributed by atoms with Gasteiger partial charge in [-0.1, -0.05) is 44.7 Å². The van der Waals surface area contributed by atoms with Gasteiger partial charge in [-0.15, -0.1) is 0 Å². The van der Waals surface area contributed by atoms with Gasteiger partial charge in [-0.25, -0.2) is 0 Å². The number of benzene rings is 1. The number of carbonyl (C=O) groups excluding carboxylic acids is 1. The molecule has 0 unspecified atom stereocenters. The Kier molecular flexibility index (Phi) is 8.57. The minimum Gasteiger partial charge on any atom is -0.467 e. The van der Waals surface area contributed by atoms with Crippen LogP contribution in [0.1, 0.15) is 56.8 Å². The number of unbranched alkanes of at least 4 members (excludes halogenated alkanes) is 4. The number of amides is 1. The van der Waals surface area contributed by atoms with Crippen molar-refractivity contribution in [3.8, 4) is 5.75 Å². The lowest BCUT2D eigenvalue weighted by molar-refractivity contribution is -0.132. The number of nitrogens with zero attached hydrogens (tertiary/aromatic N) is 1. The van der Waals surface area contributed by atoms with E-state index in [-0.39, 0.29) is 11.7 Å². The molecule has 0 fully saturated rings. The van der Waals surface area contributed by atoms with Gasteiger partial charge in [-0.3, -0.25) is 4.79 Å². The van der Waals surface area contributed by atoms with Gasteiger partial charge in [0, 0.05) is 13.0 Å². The zero-order valence-corrected chi connectivity index (χ0v) is 17.4. The molecule has 1 aromatic carbocycles. The summed E-state index contributed by atoms with van der Waals surface area (Å²) >= 11 is 0. The van der Waals surface area contributed by atoms with Crippen LogP contribution in [-0.4, -0.2) is 25.5 Å². The first-order chi connectivity index (χ1) is 13.4. The highest BCUT2D eigenvalue weighted by atomic mass is 32.2. The Hall–Kier alpha value is -2.28. The van der Waals surface area contributed by atoms with E-state index in [9.17, 15) is 13.2 Å². The molecular weight excluding hydrogens is 378 g/mol. The van der Waals surface area contributed by atoms with E-state index in [1.165, 1.54) is 12.8 Å². The van der Waals surface area contributed by atoms with Crippen molar-refractivity contribution in [3.63, 3.8) is 0 Å². The van der Waals surface area contributed by atoms with Gasteiger partial charge in [0.2, 0.25) is 5.91 Å². The highest BCUT2D eigenvalue weighted by Crippen LogP contribution is 2.18. The van der Waals surface area contributed by atoms with Crippen LogP contribution in [-0.2, 0) is 28.0 Å². The molecule has 0 atom stereocenters. The average molecular weight is 408 g/mol. The van der Waals surface area contributed by atoms with Crippen molar-refractivity contribution in [1.29, 1.82) is 0 Å². The topological polar surface area (TPSA) is 76.8 Å². The fraction of sp³-hybridized carbons (Fsp3) is 0.476. The third-order valence-electron chi connectivity index (χ3n) is 4.32. The van der Waals surface area contributed by atoms with Gasteiger partial charge in [0.05, 0.1) is 19.1 Å². The summed E-state index contributed by atoms with van der Waals surface area (Å²) < 4.78 is 32.7. The second-order valence-corrected chi connectivity index (χ2v) is 8.50. The van der Waals surface area contributed by atoms with Crippen molar-refractivity contribution in [3.05, 3.63) is 54.0 Å². The van der Waals surface area contributed by atoms with E-state index >= 15 is 0 Å². The summed E-state index contributed by atoms with van der Waals surface area (Å²) in [7, 11) is -3.55. The molecule has 0 aliphatic rings. The molecule has 2 aromatic rings. The van der Waals surface area contributed by atoms with Crippen LogP contribution in [0.4, 0.5) is 0 Å². The molecule has 0 saturated carbocycles. The Morgan fingerprint density at radius 3 is 2.36 bits per heavy atom. The molecule has 0 bridgehead atoms. The summed E-state index contributed by atoms with van der Waals surface area (Å²) in [5.74, 6) is 1.08. The molecule has 1 amide bonds. The predicted octanol–water partition coefficient (Wildman–Crippen LogP) is 4.51. The molecule has 0 aliphatic carbocycles. The summed E-state index contributed by atoms with van der Waals surface area (Å²) in [6, 6.07) is 10.4. The second-order valence-electron chi connectivity index (χ2n) is 6.92. The highest BCUT2D eigenvalue weighted by molar-refractivity contribution is 7.86. The maximum atomic E-state index is 12.7. The lowest BCUT2D eigenvalue weighted by Crippen LogP contribution is -2.29. The Balaban J connectivity index is 1.99. The molecule has 0 aliphatic heterocycles. The monoisotopic (exact) mass is 407 g/mol. The zero-order chi connectivity index (χ0) is 20.4.